The molecule has 0 saturated heterocycles. The first-order valence-corrected chi connectivity index (χ1v) is 9.08. The number of rotatable bonds is 6. The summed E-state index contributed by atoms with van der Waals surface area (Å²) < 4.78 is 29.6. The lowest BCUT2D eigenvalue weighted by atomic mass is 9.86. The summed E-state index contributed by atoms with van der Waals surface area (Å²) in [5.74, 6) is -0.667. The van der Waals surface area contributed by atoms with E-state index in [9.17, 15) is 8.78 Å². The van der Waals surface area contributed by atoms with Gasteiger partial charge in [0.2, 0.25) is 0 Å². The van der Waals surface area contributed by atoms with Crippen LogP contribution >= 0.6 is 24.0 Å². The van der Waals surface area contributed by atoms with Crippen LogP contribution in [0, 0.1) is 5.92 Å². The van der Waals surface area contributed by atoms with Crippen LogP contribution in [0.2, 0.25) is 0 Å². The Balaban J connectivity index is 1.74. The minimum Gasteiger partial charge on any atom is -0.459 e. The lowest BCUT2D eigenvalue weighted by Crippen LogP contribution is -2.44. The van der Waals surface area contributed by atoms with Crippen molar-refractivity contribution in [3.05, 3.63) is 23.7 Å². The minimum absolute atomic E-state index is 0.137. The van der Waals surface area contributed by atoms with Crippen molar-refractivity contribution in [2.24, 2.45) is 11.0 Å². The number of furan rings is 1. The van der Waals surface area contributed by atoms with E-state index < -0.39 is 5.76 Å². The molecule has 8 heteroatoms. The van der Waals surface area contributed by atoms with E-state index in [0.29, 0.717) is 40.4 Å². The summed E-state index contributed by atoms with van der Waals surface area (Å²) in [6.07, 6.45) is 6.32. The Kier molecular flexibility index (Phi) is 7.29. The monoisotopic (exact) mass is 361 g/mol. The molecular weight excluding hydrogens is 340 g/mol. The Morgan fingerprint density at radius 2 is 2.26 bits per heavy atom. The molecule has 0 bridgehead atoms. The first kappa shape index (κ1) is 18.2. The Labute approximate surface area is 144 Å². The smallest absolute Gasteiger partial charge is 0.284 e. The first-order valence-electron chi connectivity index (χ1n) is 7.62. The number of alkyl halides is 2. The molecule has 1 aromatic heterocycles. The molecule has 0 unspecified atom stereocenters. The molecule has 0 radical (unpaired) electrons. The fraction of sp³-hybridized carbons (Fsp3) is 0.600. The number of thiocarbonyl (C=S) groups is 1. The summed E-state index contributed by atoms with van der Waals surface area (Å²) in [6.45, 7) is 2.23. The second kappa shape index (κ2) is 9.22. The molecule has 0 aliphatic heterocycles. The molecule has 23 heavy (non-hydrogen) atoms. The van der Waals surface area contributed by atoms with Gasteiger partial charge in [0.1, 0.15) is 11.5 Å². The molecule has 1 aliphatic rings. The van der Waals surface area contributed by atoms with E-state index in [-0.39, 0.29) is 5.75 Å². The maximum atomic E-state index is 12.1. The summed E-state index contributed by atoms with van der Waals surface area (Å²) in [4.78, 5) is 0. The van der Waals surface area contributed by atoms with Crippen LogP contribution < -0.4 is 10.7 Å². The molecule has 2 atom stereocenters. The van der Waals surface area contributed by atoms with Crippen LogP contribution in [-0.4, -0.2) is 23.1 Å². The number of hydrazone groups is 1. The van der Waals surface area contributed by atoms with Gasteiger partial charge in [-0.1, -0.05) is 31.5 Å². The summed E-state index contributed by atoms with van der Waals surface area (Å²) >= 11 is 5.75. The molecule has 1 aliphatic carbocycles. The average Bonchev–Trinajstić information content (AvgIpc) is 2.95. The normalized spacial score (nSPS) is 21.7. The van der Waals surface area contributed by atoms with Crippen LogP contribution in [0.3, 0.4) is 0 Å². The third-order valence-corrected chi connectivity index (χ3v) is 4.73. The highest BCUT2D eigenvalue weighted by Crippen LogP contribution is 2.23. The van der Waals surface area contributed by atoms with Crippen LogP contribution in [0.4, 0.5) is 8.78 Å². The zero-order valence-corrected chi connectivity index (χ0v) is 14.6. The summed E-state index contributed by atoms with van der Waals surface area (Å²) in [5, 5.41) is 7.78. The van der Waals surface area contributed by atoms with E-state index in [2.05, 4.69) is 22.8 Å². The SMILES string of the molecule is C[C@@H]1CCCC[C@H]1NC(=S)N/N=C\c1ccc(CSC(F)F)o1. The van der Waals surface area contributed by atoms with Gasteiger partial charge in [-0.3, -0.25) is 5.43 Å². The fourth-order valence-corrected chi connectivity index (χ4v) is 3.22. The number of nitrogens with zero attached hydrogens (tertiary/aromatic N) is 1. The van der Waals surface area contributed by atoms with E-state index in [0.717, 1.165) is 6.42 Å². The number of hydrogen-bond donors (Lipinski definition) is 2. The lowest BCUT2D eigenvalue weighted by Gasteiger charge is -2.30. The van der Waals surface area contributed by atoms with E-state index in [1.54, 1.807) is 12.1 Å². The van der Waals surface area contributed by atoms with Crippen molar-refractivity contribution in [2.75, 3.05) is 0 Å². The third kappa shape index (κ3) is 6.47. The topological polar surface area (TPSA) is 49.6 Å². The number of thioether (sulfide) groups is 1. The van der Waals surface area contributed by atoms with Crippen molar-refractivity contribution < 1.29 is 13.2 Å². The molecule has 0 aromatic carbocycles. The zero-order valence-electron chi connectivity index (χ0n) is 12.9. The number of nitrogens with one attached hydrogen (secondary N) is 2. The van der Waals surface area contributed by atoms with Gasteiger partial charge in [0.05, 0.1) is 12.0 Å². The molecule has 0 amide bonds. The number of halogens is 2. The van der Waals surface area contributed by atoms with Crippen molar-refractivity contribution in [3.63, 3.8) is 0 Å². The van der Waals surface area contributed by atoms with Gasteiger partial charge in [-0.25, -0.2) is 0 Å². The predicted molar refractivity (Wildman–Crippen MR) is 93.9 cm³/mol. The van der Waals surface area contributed by atoms with Gasteiger partial charge in [0.15, 0.2) is 5.11 Å². The van der Waals surface area contributed by atoms with Gasteiger partial charge in [-0.15, -0.1) is 0 Å². The van der Waals surface area contributed by atoms with Crippen LogP contribution in [-0.2, 0) is 5.75 Å². The first-order chi connectivity index (χ1) is 11.0. The molecule has 4 nitrogen and oxygen atoms in total. The Hall–Kier alpha value is -1.15. The third-order valence-electron chi connectivity index (χ3n) is 3.82. The average molecular weight is 361 g/mol. The largest absolute Gasteiger partial charge is 0.459 e. The van der Waals surface area contributed by atoms with Gasteiger partial charge >= 0.3 is 0 Å². The Morgan fingerprint density at radius 3 is 3.00 bits per heavy atom. The standard InChI is InChI=1S/C15H21F2N3OS2/c1-10-4-2-3-5-13(10)19-15(22)20-18-8-11-6-7-12(21-11)9-23-14(16)17/h6-8,10,13-14H,2-5,9H2,1H3,(H2,19,20,22)/b18-8-/t10-,13-/m1/s1. The Bertz CT molecular complexity index is 537. The molecular formula is C15H21F2N3OS2. The molecule has 128 valence electrons. The molecule has 2 rings (SSSR count). The fourth-order valence-electron chi connectivity index (χ4n) is 2.57. The van der Waals surface area contributed by atoms with Crippen LogP contribution in [0.5, 0.6) is 0 Å². The van der Waals surface area contributed by atoms with E-state index in [1.165, 1.54) is 25.5 Å². The molecule has 1 aromatic rings. The van der Waals surface area contributed by atoms with Crippen molar-refractivity contribution in [3.8, 4) is 0 Å². The van der Waals surface area contributed by atoms with Crippen LogP contribution in [0.1, 0.15) is 44.1 Å². The second-order valence-electron chi connectivity index (χ2n) is 5.59. The lowest BCUT2D eigenvalue weighted by molar-refractivity contribution is 0.251. The Morgan fingerprint density at radius 1 is 1.48 bits per heavy atom. The second-order valence-corrected chi connectivity index (χ2v) is 6.97. The van der Waals surface area contributed by atoms with Crippen molar-refractivity contribution in [1.29, 1.82) is 0 Å². The highest BCUT2D eigenvalue weighted by atomic mass is 32.2. The van der Waals surface area contributed by atoms with E-state index >= 15 is 0 Å². The summed E-state index contributed by atoms with van der Waals surface area (Å²) in [7, 11) is 0. The van der Waals surface area contributed by atoms with Gasteiger partial charge < -0.3 is 9.73 Å². The van der Waals surface area contributed by atoms with Gasteiger partial charge in [-0.05, 0) is 43.1 Å². The van der Waals surface area contributed by atoms with Crippen molar-refractivity contribution >= 4 is 35.3 Å². The molecule has 2 N–H and O–H groups in total. The highest BCUT2D eigenvalue weighted by molar-refractivity contribution is 7.98. The van der Waals surface area contributed by atoms with Crippen molar-refractivity contribution in [1.82, 2.24) is 10.7 Å². The minimum atomic E-state index is -2.40. The molecule has 1 heterocycles. The van der Waals surface area contributed by atoms with Gasteiger partial charge in [-0.2, -0.15) is 13.9 Å². The zero-order chi connectivity index (χ0) is 16.7. The highest BCUT2D eigenvalue weighted by Gasteiger charge is 2.21. The van der Waals surface area contributed by atoms with E-state index in [4.69, 9.17) is 16.6 Å². The van der Waals surface area contributed by atoms with Crippen molar-refractivity contribution in [2.45, 2.75) is 50.2 Å². The maximum Gasteiger partial charge on any atom is 0.284 e. The summed E-state index contributed by atoms with van der Waals surface area (Å²) in [5.41, 5.74) is 2.76. The predicted octanol–water partition coefficient (Wildman–Crippen LogP) is 4.11. The summed E-state index contributed by atoms with van der Waals surface area (Å²) in [6, 6.07) is 3.74. The van der Waals surface area contributed by atoms with Crippen LogP contribution in [0.15, 0.2) is 21.7 Å². The van der Waals surface area contributed by atoms with E-state index in [1.807, 2.05) is 0 Å². The molecule has 0 spiro atoms. The number of hydrogen-bond acceptors (Lipinski definition) is 4. The quantitative estimate of drug-likeness (QED) is 0.454. The molecule has 1 saturated carbocycles. The van der Waals surface area contributed by atoms with Gasteiger partial charge in [0.25, 0.3) is 5.76 Å². The molecule has 1 fully saturated rings. The van der Waals surface area contributed by atoms with Crippen LogP contribution in [0.25, 0.3) is 0 Å². The maximum absolute atomic E-state index is 12.1. The van der Waals surface area contributed by atoms with Gasteiger partial charge in [0, 0.05) is 6.04 Å².